The summed E-state index contributed by atoms with van der Waals surface area (Å²) in [6, 6.07) is 2.94. The smallest absolute Gasteiger partial charge is 0.476 e. The molecule has 1 heterocycles. The average Bonchev–Trinajstić information content (AvgIpc) is 2.35. The summed E-state index contributed by atoms with van der Waals surface area (Å²) in [6.07, 6.45) is 0. The molecule has 11 heteroatoms. The van der Waals surface area contributed by atoms with Crippen LogP contribution in [-0.2, 0) is 15.4 Å². The molecule has 1 aromatic heterocycles. The third kappa shape index (κ3) is 4.76. The molecule has 20 heavy (non-hydrogen) atoms. The lowest BCUT2D eigenvalue weighted by atomic mass is 10.4. The fraction of sp³-hybridized carbons (Fsp3) is 0.444. The van der Waals surface area contributed by atoms with Gasteiger partial charge >= 0.3 is 15.5 Å². The molecule has 0 fully saturated rings. The molecule has 0 amide bonds. The molecule has 0 atom stereocenters. The first kappa shape index (κ1) is 17.5. The molecule has 5 nitrogen and oxygen atoms in total. The van der Waals surface area contributed by atoms with Crippen LogP contribution in [0.15, 0.2) is 12.1 Å². The third-order valence-corrected chi connectivity index (χ3v) is 4.04. The highest BCUT2D eigenvalue weighted by molar-refractivity contribution is 9.08. The average molecular weight is 398 g/mol. The van der Waals surface area contributed by atoms with E-state index < -0.39 is 22.1 Å². The van der Waals surface area contributed by atoms with E-state index in [0.717, 1.165) is 0 Å². The molecule has 0 aromatic carbocycles. The molecule has 0 bridgehead atoms. The number of halogens is 5. The zero-order valence-electron chi connectivity index (χ0n) is 9.75. The topological polar surface area (TPSA) is 68.3 Å². The molecule has 1 rings (SSSR count). The van der Waals surface area contributed by atoms with E-state index in [9.17, 15) is 21.6 Å². The molecule has 1 aromatic rings. The highest BCUT2D eigenvalue weighted by Crippen LogP contribution is 2.21. The molecule has 114 valence electrons. The van der Waals surface area contributed by atoms with Crippen molar-refractivity contribution in [3.63, 3.8) is 0 Å². The molecule has 0 aliphatic rings. The van der Waals surface area contributed by atoms with Gasteiger partial charge in [-0.15, -0.1) is 0 Å². The van der Waals surface area contributed by atoms with Gasteiger partial charge in [-0.1, -0.05) is 27.5 Å². The van der Waals surface area contributed by atoms with Crippen molar-refractivity contribution >= 4 is 37.6 Å². The summed E-state index contributed by atoms with van der Waals surface area (Å²) in [5.74, 6) is 0.134. The van der Waals surface area contributed by atoms with E-state index in [-0.39, 0.29) is 12.5 Å². The van der Waals surface area contributed by atoms with Crippen molar-refractivity contribution in [3.05, 3.63) is 22.8 Å². The number of sulfonamides is 1. The fourth-order valence-corrected chi connectivity index (χ4v) is 2.33. The van der Waals surface area contributed by atoms with Crippen LogP contribution in [0.5, 0.6) is 5.88 Å². The number of rotatable bonds is 6. The Morgan fingerprint density at radius 3 is 2.60 bits per heavy atom. The van der Waals surface area contributed by atoms with Crippen LogP contribution in [0.1, 0.15) is 5.69 Å². The molecule has 0 aliphatic carbocycles. The summed E-state index contributed by atoms with van der Waals surface area (Å²) >= 11 is 8.96. The maximum absolute atomic E-state index is 12.0. The largest absolute Gasteiger partial charge is 0.511 e. The van der Waals surface area contributed by atoms with Crippen LogP contribution in [0.3, 0.4) is 0 Å². The van der Waals surface area contributed by atoms with Crippen LogP contribution in [0.4, 0.5) is 13.2 Å². The molecule has 0 unspecified atom stereocenters. The maximum atomic E-state index is 12.0. The number of alkyl halides is 4. The Hall–Kier alpha value is -0.580. The Morgan fingerprint density at radius 2 is 2.05 bits per heavy atom. The third-order valence-electron chi connectivity index (χ3n) is 1.97. The molecular weight excluding hydrogens is 389 g/mol. The Bertz CT molecular complexity index is 568. The van der Waals surface area contributed by atoms with Gasteiger partial charge in [-0.2, -0.15) is 13.2 Å². The minimum absolute atomic E-state index is 0.134. The van der Waals surface area contributed by atoms with Gasteiger partial charge in [0.2, 0.25) is 5.88 Å². The van der Waals surface area contributed by atoms with Gasteiger partial charge < -0.3 is 4.74 Å². The van der Waals surface area contributed by atoms with Crippen molar-refractivity contribution in [2.45, 2.75) is 10.8 Å². The summed E-state index contributed by atoms with van der Waals surface area (Å²) in [6.45, 7) is -0.832. The lowest BCUT2D eigenvalue weighted by molar-refractivity contribution is -0.0448. The van der Waals surface area contributed by atoms with Crippen molar-refractivity contribution in [3.8, 4) is 5.88 Å². The van der Waals surface area contributed by atoms with E-state index in [1.807, 2.05) is 0 Å². The fourth-order valence-electron chi connectivity index (χ4n) is 1.05. The van der Waals surface area contributed by atoms with Crippen molar-refractivity contribution in [1.29, 1.82) is 0 Å². The first-order valence-corrected chi connectivity index (χ1v) is 8.06. The number of nitrogens with zero attached hydrogens (tertiary/aromatic N) is 1. The summed E-state index contributed by atoms with van der Waals surface area (Å²) in [7, 11) is -5.35. The Kier molecular flexibility index (Phi) is 6.05. The van der Waals surface area contributed by atoms with E-state index in [0.29, 0.717) is 16.0 Å². The predicted octanol–water partition coefficient (Wildman–Crippen LogP) is 2.45. The van der Waals surface area contributed by atoms with E-state index in [1.54, 1.807) is 0 Å². The van der Waals surface area contributed by atoms with Crippen LogP contribution in [-0.4, -0.2) is 32.1 Å². The lowest BCUT2D eigenvalue weighted by Crippen LogP contribution is -2.38. The van der Waals surface area contributed by atoms with Crippen LogP contribution in [0.25, 0.3) is 0 Å². The van der Waals surface area contributed by atoms with Crippen molar-refractivity contribution in [2.24, 2.45) is 0 Å². The van der Waals surface area contributed by atoms with Crippen molar-refractivity contribution in [2.75, 3.05) is 13.2 Å². The van der Waals surface area contributed by atoms with Gasteiger partial charge in [0.25, 0.3) is 0 Å². The van der Waals surface area contributed by atoms with Gasteiger partial charge in [-0.05, 0) is 6.07 Å². The minimum atomic E-state index is -5.35. The second kappa shape index (κ2) is 6.92. The number of hydrogen-bond acceptors (Lipinski definition) is 4. The van der Waals surface area contributed by atoms with E-state index in [2.05, 4.69) is 20.9 Å². The second-order valence-electron chi connectivity index (χ2n) is 3.40. The number of pyridine rings is 1. The molecule has 0 radical (unpaired) electrons. The Balaban J connectivity index is 2.50. The molecule has 0 saturated carbocycles. The van der Waals surface area contributed by atoms with Crippen LogP contribution < -0.4 is 9.46 Å². The van der Waals surface area contributed by atoms with Gasteiger partial charge in [0, 0.05) is 17.9 Å². The zero-order valence-corrected chi connectivity index (χ0v) is 12.9. The summed E-state index contributed by atoms with van der Waals surface area (Å²) in [4.78, 5) is 3.97. The van der Waals surface area contributed by atoms with Crippen LogP contribution >= 0.6 is 27.5 Å². The highest BCUT2D eigenvalue weighted by atomic mass is 79.9. The molecule has 1 N–H and O–H groups in total. The van der Waals surface area contributed by atoms with Crippen molar-refractivity contribution < 1.29 is 26.3 Å². The molecule has 0 spiro atoms. The predicted molar refractivity (Wildman–Crippen MR) is 70.4 cm³/mol. The maximum Gasteiger partial charge on any atom is 0.511 e. The highest BCUT2D eigenvalue weighted by Gasteiger charge is 2.45. The quantitative estimate of drug-likeness (QED) is 0.591. The number of hydrogen-bond donors (Lipinski definition) is 1. The van der Waals surface area contributed by atoms with Gasteiger partial charge in [-0.25, -0.2) is 18.1 Å². The summed E-state index contributed by atoms with van der Waals surface area (Å²) in [5.41, 5.74) is -4.84. The summed E-state index contributed by atoms with van der Waals surface area (Å²) in [5, 5.41) is 0.788. The number of nitrogens with one attached hydrogen (secondary N) is 1. The van der Waals surface area contributed by atoms with Gasteiger partial charge in [0.05, 0.1) is 10.7 Å². The van der Waals surface area contributed by atoms with E-state index in [4.69, 9.17) is 16.3 Å². The lowest BCUT2D eigenvalue weighted by Gasteiger charge is -2.10. The van der Waals surface area contributed by atoms with E-state index in [1.165, 1.54) is 16.9 Å². The standard InChI is InChI=1S/C9H9BrClF3N2O3S/c10-5-7-6(11)1-2-8(16-7)19-4-3-15-20(17,18)9(12,13)14/h1-2,15H,3-5H2. The van der Waals surface area contributed by atoms with Gasteiger partial charge in [-0.3, -0.25) is 0 Å². The minimum Gasteiger partial charge on any atom is -0.476 e. The Morgan fingerprint density at radius 1 is 1.40 bits per heavy atom. The Labute approximate surface area is 126 Å². The SMILES string of the molecule is O=S(=O)(NCCOc1ccc(Cl)c(CBr)n1)C(F)(F)F. The number of ether oxygens (including phenoxy) is 1. The van der Waals surface area contributed by atoms with E-state index >= 15 is 0 Å². The monoisotopic (exact) mass is 396 g/mol. The first-order valence-electron chi connectivity index (χ1n) is 5.07. The normalized spacial score (nSPS) is 12.4. The van der Waals surface area contributed by atoms with Crippen LogP contribution in [0, 0.1) is 0 Å². The van der Waals surface area contributed by atoms with Gasteiger partial charge in [0.15, 0.2) is 0 Å². The van der Waals surface area contributed by atoms with Gasteiger partial charge in [0.1, 0.15) is 6.61 Å². The molecule has 0 aliphatic heterocycles. The zero-order chi connectivity index (χ0) is 15.4. The summed E-state index contributed by atoms with van der Waals surface area (Å²) < 4.78 is 63.8. The molecular formula is C9H9BrClF3N2O3S. The number of aromatic nitrogens is 1. The van der Waals surface area contributed by atoms with Crippen molar-refractivity contribution in [1.82, 2.24) is 9.71 Å². The molecule has 0 saturated heterocycles. The van der Waals surface area contributed by atoms with Crippen LogP contribution in [0.2, 0.25) is 5.02 Å². The first-order chi connectivity index (χ1) is 9.17. The second-order valence-corrected chi connectivity index (χ2v) is 6.13.